The summed E-state index contributed by atoms with van der Waals surface area (Å²) in [7, 11) is 0. The number of thiophene rings is 1. The molecule has 3 nitrogen and oxygen atoms in total. The number of amides is 1. The van der Waals surface area contributed by atoms with Crippen molar-refractivity contribution in [2.75, 3.05) is 5.73 Å². The molecule has 0 bridgehead atoms. The summed E-state index contributed by atoms with van der Waals surface area (Å²) in [5.41, 5.74) is 8.75. The Balaban J connectivity index is 1.66. The molecule has 1 aliphatic rings. The van der Waals surface area contributed by atoms with Crippen molar-refractivity contribution >= 4 is 22.9 Å². The van der Waals surface area contributed by atoms with Crippen molar-refractivity contribution in [1.82, 2.24) is 5.32 Å². The lowest BCUT2D eigenvalue weighted by Gasteiger charge is -2.21. The van der Waals surface area contributed by atoms with Crippen LogP contribution in [0.3, 0.4) is 0 Å². The van der Waals surface area contributed by atoms with Crippen molar-refractivity contribution in [2.24, 2.45) is 0 Å². The van der Waals surface area contributed by atoms with Crippen molar-refractivity contribution in [3.8, 4) is 0 Å². The lowest BCUT2D eigenvalue weighted by Crippen LogP contribution is -2.30. The third-order valence-electron chi connectivity index (χ3n) is 3.79. The fourth-order valence-corrected chi connectivity index (χ4v) is 3.76. The molecule has 20 heavy (non-hydrogen) atoms. The zero-order valence-electron chi connectivity index (χ0n) is 11.3. The Bertz CT molecular complexity index is 620. The maximum absolute atomic E-state index is 12.4. The summed E-state index contributed by atoms with van der Waals surface area (Å²) in [6, 6.07) is 9.74. The second kappa shape index (κ2) is 5.67. The number of benzene rings is 1. The van der Waals surface area contributed by atoms with Gasteiger partial charge in [0.25, 0.3) is 0 Å². The van der Waals surface area contributed by atoms with Crippen LogP contribution in [0.2, 0.25) is 0 Å². The third-order valence-corrected chi connectivity index (χ3v) is 4.78. The quantitative estimate of drug-likeness (QED) is 0.852. The molecular formula is C16H18N2OS. The number of hydrogen-bond acceptors (Lipinski definition) is 3. The molecule has 1 aromatic heterocycles. The zero-order valence-corrected chi connectivity index (χ0v) is 12.1. The number of rotatable bonds is 3. The summed E-state index contributed by atoms with van der Waals surface area (Å²) in [6.07, 6.45) is 3.17. The Morgan fingerprint density at radius 2 is 2.30 bits per heavy atom. The summed E-state index contributed by atoms with van der Waals surface area (Å²) >= 11 is 1.77. The van der Waals surface area contributed by atoms with Gasteiger partial charge in [-0.2, -0.15) is 0 Å². The molecular weight excluding hydrogens is 268 g/mol. The van der Waals surface area contributed by atoms with Gasteiger partial charge in [-0.1, -0.05) is 12.1 Å². The van der Waals surface area contributed by atoms with Crippen molar-refractivity contribution in [3.05, 3.63) is 51.7 Å². The van der Waals surface area contributed by atoms with Crippen LogP contribution in [-0.2, 0) is 17.8 Å². The van der Waals surface area contributed by atoms with Gasteiger partial charge >= 0.3 is 0 Å². The number of nitrogen functional groups attached to an aromatic ring is 1. The molecule has 1 atom stereocenters. The molecule has 0 saturated carbocycles. The number of carbonyl (C=O) groups is 1. The molecule has 0 radical (unpaired) electrons. The highest BCUT2D eigenvalue weighted by molar-refractivity contribution is 7.10. The molecule has 1 aromatic carbocycles. The lowest BCUT2D eigenvalue weighted by molar-refractivity contribution is -0.123. The van der Waals surface area contributed by atoms with Gasteiger partial charge in [-0.25, -0.2) is 0 Å². The maximum Gasteiger partial charge on any atom is 0.227 e. The van der Waals surface area contributed by atoms with E-state index in [1.807, 2.05) is 24.3 Å². The molecule has 3 rings (SSSR count). The molecule has 1 amide bonds. The molecule has 0 fully saturated rings. The minimum absolute atomic E-state index is 0.0195. The Morgan fingerprint density at radius 1 is 1.40 bits per heavy atom. The van der Waals surface area contributed by atoms with Gasteiger partial charge in [0.05, 0.1) is 5.92 Å². The first-order chi connectivity index (χ1) is 9.74. The van der Waals surface area contributed by atoms with Gasteiger partial charge in [0.15, 0.2) is 0 Å². The molecule has 1 aliphatic carbocycles. The van der Waals surface area contributed by atoms with Crippen LogP contribution in [0.25, 0.3) is 0 Å². The van der Waals surface area contributed by atoms with Gasteiger partial charge in [0, 0.05) is 17.1 Å². The highest BCUT2D eigenvalue weighted by Gasteiger charge is 2.26. The highest BCUT2D eigenvalue weighted by atomic mass is 32.1. The van der Waals surface area contributed by atoms with E-state index >= 15 is 0 Å². The van der Waals surface area contributed by atoms with Crippen LogP contribution in [0.1, 0.15) is 34.8 Å². The van der Waals surface area contributed by atoms with Crippen molar-refractivity contribution < 1.29 is 4.79 Å². The molecule has 0 aliphatic heterocycles. The van der Waals surface area contributed by atoms with Gasteiger partial charge in [0.1, 0.15) is 0 Å². The number of hydrogen-bond donors (Lipinski definition) is 2. The van der Waals surface area contributed by atoms with Gasteiger partial charge in [-0.05, 0) is 54.0 Å². The van der Waals surface area contributed by atoms with Gasteiger partial charge < -0.3 is 11.1 Å². The minimum atomic E-state index is 0.0195. The Kier molecular flexibility index (Phi) is 3.74. The fourth-order valence-electron chi connectivity index (χ4n) is 2.77. The smallest absolute Gasteiger partial charge is 0.227 e. The van der Waals surface area contributed by atoms with E-state index in [0.717, 1.165) is 30.5 Å². The van der Waals surface area contributed by atoms with Crippen LogP contribution < -0.4 is 11.1 Å². The molecule has 2 aromatic rings. The number of anilines is 1. The summed E-state index contributed by atoms with van der Waals surface area (Å²) in [4.78, 5) is 13.8. The van der Waals surface area contributed by atoms with E-state index in [1.165, 1.54) is 10.4 Å². The number of aryl methyl sites for hydroxylation is 1. The van der Waals surface area contributed by atoms with E-state index in [0.29, 0.717) is 6.54 Å². The van der Waals surface area contributed by atoms with E-state index in [9.17, 15) is 4.79 Å². The second-order valence-electron chi connectivity index (χ2n) is 5.21. The van der Waals surface area contributed by atoms with Crippen molar-refractivity contribution in [3.63, 3.8) is 0 Å². The topological polar surface area (TPSA) is 55.1 Å². The van der Waals surface area contributed by atoms with Crippen LogP contribution in [0.4, 0.5) is 5.69 Å². The monoisotopic (exact) mass is 286 g/mol. The first-order valence-corrected chi connectivity index (χ1v) is 7.80. The Labute approximate surface area is 122 Å². The van der Waals surface area contributed by atoms with E-state index < -0.39 is 0 Å². The first-order valence-electron chi connectivity index (χ1n) is 6.92. The number of fused-ring (bicyclic) bond motifs is 1. The molecule has 0 spiro atoms. The number of nitrogens with two attached hydrogens (primary N) is 1. The largest absolute Gasteiger partial charge is 0.399 e. The molecule has 1 heterocycles. The van der Waals surface area contributed by atoms with Crippen LogP contribution in [0, 0.1) is 0 Å². The summed E-state index contributed by atoms with van der Waals surface area (Å²) in [5, 5.41) is 5.13. The predicted molar refractivity (Wildman–Crippen MR) is 82.7 cm³/mol. The second-order valence-corrected chi connectivity index (χ2v) is 6.21. The molecule has 1 unspecified atom stereocenters. The van der Waals surface area contributed by atoms with Gasteiger partial charge in [-0.3, -0.25) is 4.79 Å². The normalized spacial score (nSPS) is 17.5. The highest BCUT2D eigenvalue weighted by Crippen LogP contribution is 2.35. The molecule has 3 N–H and O–H groups in total. The number of nitrogens with one attached hydrogen (secondary N) is 1. The van der Waals surface area contributed by atoms with Crippen molar-refractivity contribution in [2.45, 2.75) is 31.7 Å². The summed E-state index contributed by atoms with van der Waals surface area (Å²) in [6.45, 7) is 0.542. The van der Waals surface area contributed by atoms with Crippen LogP contribution >= 0.6 is 11.3 Å². The minimum Gasteiger partial charge on any atom is -0.399 e. The SMILES string of the molecule is Nc1cccc(CNC(=O)C2CCCc3sccc32)c1. The summed E-state index contributed by atoms with van der Waals surface area (Å²) < 4.78 is 0. The van der Waals surface area contributed by atoms with Crippen LogP contribution in [0.5, 0.6) is 0 Å². The van der Waals surface area contributed by atoms with Gasteiger partial charge in [-0.15, -0.1) is 11.3 Å². The third kappa shape index (κ3) is 2.70. The van der Waals surface area contributed by atoms with E-state index in [1.54, 1.807) is 11.3 Å². The predicted octanol–water partition coefficient (Wildman–Crippen LogP) is 3.07. The average molecular weight is 286 g/mol. The van der Waals surface area contributed by atoms with E-state index in [4.69, 9.17) is 5.73 Å². The summed E-state index contributed by atoms with van der Waals surface area (Å²) in [5.74, 6) is 0.151. The van der Waals surface area contributed by atoms with Gasteiger partial charge in [0.2, 0.25) is 5.91 Å². The molecule has 4 heteroatoms. The Morgan fingerprint density at radius 3 is 3.15 bits per heavy atom. The fraction of sp³-hybridized carbons (Fsp3) is 0.312. The van der Waals surface area contributed by atoms with E-state index in [2.05, 4.69) is 16.8 Å². The average Bonchev–Trinajstić information content (AvgIpc) is 2.93. The van der Waals surface area contributed by atoms with E-state index in [-0.39, 0.29) is 11.8 Å². The van der Waals surface area contributed by atoms with Crippen LogP contribution in [0.15, 0.2) is 35.7 Å². The first kappa shape index (κ1) is 13.2. The van der Waals surface area contributed by atoms with Crippen molar-refractivity contribution in [1.29, 1.82) is 0 Å². The number of carbonyl (C=O) groups excluding carboxylic acids is 1. The zero-order chi connectivity index (χ0) is 13.9. The standard InChI is InChI=1S/C16H18N2OS/c17-12-4-1-3-11(9-12)10-18-16(19)14-5-2-6-15-13(14)7-8-20-15/h1,3-4,7-9,14H,2,5-6,10,17H2,(H,18,19). The lowest BCUT2D eigenvalue weighted by atomic mass is 9.87. The molecule has 104 valence electrons. The molecule has 0 saturated heterocycles. The van der Waals surface area contributed by atoms with Crippen LogP contribution in [-0.4, -0.2) is 5.91 Å². The Hall–Kier alpha value is -1.81. The maximum atomic E-state index is 12.4.